The number of hydrogen-bond donors (Lipinski definition) is 2. The van der Waals surface area contributed by atoms with E-state index in [4.69, 9.17) is 5.73 Å². The van der Waals surface area contributed by atoms with Gasteiger partial charge in [0.15, 0.2) is 0 Å². The Morgan fingerprint density at radius 1 is 1.19 bits per heavy atom. The molecule has 0 amide bonds. The van der Waals surface area contributed by atoms with Crippen molar-refractivity contribution in [3.63, 3.8) is 0 Å². The van der Waals surface area contributed by atoms with E-state index in [0.717, 1.165) is 19.9 Å². The van der Waals surface area contributed by atoms with Crippen LogP contribution < -0.4 is 5.73 Å². The van der Waals surface area contributed by atoms with Gasteiger partial charge in [0.1, 0.15) is 0 Å². The number of rotatable bonds is 3. The lowest BCUT2D eigenvalue weighted by Crippen LogP contribution is -2.00. The van der Waals surface area contributed by atoms with Crippen LogP contribution in [-0.4, -0.2) is 5.11 Å². The zero-order chi connectivity index (χ0) is 11.5. The molecule has 1 heterocycles. The first-order valence-corrected chi connectivity index (χ1v) is 6.54. The fraction of sp³-hybridized carbons (Fsp3) is 0.167. The van der Waals surface area contributed by atoms with Crippen molar-refractivity contribution in [3.8, 4) is 0 Å². The second kappa shape index (κ2) is 4.99. The maximum Gasteiger partial charge on any atom is 0.0838 e. The maximum atomic E-state index is 10.0. The molecular formula is C12H12BrNOS. The maximum absolute atomic E-state index is 10.0. The van der Waals surface area contributed by atoms with Gasteiger partial charge in [-0.25, -0.2) is 0 Å². The molecular weight excluding hydrogens is 286 g/mol. The standard InChI is InChI=1S/C12H12BrNOS/c13-12-6-5-10(16-12)7-11(15)8-1-3-9(14)4-2-8/h1-6,11,15H,7,14H2. The molecule has 0 spiro atoms. The largest absolute Gasteiger partial charge is 0.399 e. The third-order valence-electron chi connectivity index (χ3n) is 2.34. The Balaban J connectivity index is 2.08. The lowest BCUT2D eigenvalue weighted by atomic mass is 10.1. The molecule has 4 heteroatoms. The molecule has 1 atom stereocenters. The van der Waals surface area contributed by atoms with Crippen LogP contribution >= 0.6 is 27.3 Å². The van der Waals surface area contributed by atoms with E-state index in [1.54, 1.807) is 11.3 Å². The van der Waals surface area contributed by atoms with E-state index in [-0.39, 0.29) is 0 Å². The van der Waals surface area contributed by atoms with Crippen molar-refractivity contribution in [2.75, 3.05) is 5.73 Å². The molecule has 2 rings (SSSR count). The number of aliphatic hydroxyl groups is 1. The Bertz CT molecular complexity index is 466. The van der Waals surface area contributed by atoms with E-state index in [1.807, 2.05) is 36.4 Å². The highest BCUT2D eigenvalue weighted by molar-refractivity contribution is 9.11. The molecule has 2 aromatic rings. The average Bonchev–Trinajstić information content (AvgIpc) is 2.65. The first-order valence-electron chi connectivity index (χ1n) is 4.93. The summed E-state index contributed by atoms with van der Waals surface area (Å²) < 4.78 is 1.09. The monoisotopic (exact) mass is 297 g/mol. The van der Waals surface area contributed by atoms with Crippen LogP contribution in [0.1, 0.15) is 16.5 Å². The number of benzene rings is 1. The van der Waals surface area contributed by atoms with Crippen molar-refractivity contribution in [3.05, 3.63) is 50.6 Å². The summed E-state index contributed by atoms with van der Waals surface area (Å²) in [5, 5.41) is 10.0. The van der Waals surface area contributed by atoms with Crippen LogP contribution in [0.5, 0.6) is 0 Å². The van der Waals surface area contributed by atoms with Gasteiger partial charge in [-0.15, -0.1) is 11.3 Å². The fourth-order valence-corrected chi connectivity index (χ4v) is 3.01. The van der Waals surface area contributed by atoms with Crippen molar-refractivity contribution in [1.29, 1.82) is 0 Å². The quantitative estimate of drug-likeness (QED) is 0.853. The molecule has 2 nitrogen and oxygen atoms in total. The predicted molar refractivity (Wildman–Crippen MR) is 71.5 cm³/mol. The molecule has 1 aromatic carbocycles. The van der Waals surface area contributed by atoms with Crippen molar-refractivity contribution < 1.29 is 5.11 Å². The van der Waals surface area contributed by atoms with Gasteiger partial charge in [-0.3, -0.25) is 0 Å². The van der Waals surface area contributed by atoms with E-state index in [0.29, 0.717) is 6.42 Å². The number of anilines is 1. The van der Waals surface area contributed by atoms with Crippen LogP contribution in [0, 0.1) is 0 Å². The smallest absolute Gasteiger partial charge is 0.0838 e. The molecule has 0 saturated carbocycles. The Morgan fingerprint density at radius 3 is 2.44 bits per heavy atom. The summed E-state index contributed by atoms with van der Waals surface area (Å²) in [6.45, 7) is 0. The van der Waals surface area contributed by atoms with Gasteiger partial charge in [0.25, 0.3) is 0 Å². The first-order chi connectivity index (χ1) is 7.65. The zero-order valence-electron chi connectivity index (χ0n) is 8.56. The number of thiophene rings is 1. The minimum absolute atomic E-state index is 0.467. The van der Waals surface area contributed by atoms with Gasteiger partial charge in [-0.1, -0.05) is 12.1 Å². The number of nitrogen functional groups attached to an aromatic ring is 1. The third-order valence-corrected chi connectivity index (χ3v) is 3.99. The Labute approximate surface area is 107 Å². The highest BCUT2D eigenvalue weighted by atomic mass is 79.9. The van der Waals surface area contributed by atoms with Crippen molar-refractivity contribution >= 4 is 33.0 Å². The molecule has 16 heavy (non-hydrogen) atoms. The number of halogens is 1. The van der Waals surface area contributed by atoms with Crippen LogP contribution in [0.4, 0.5) is 5.69 Å². The zero-order valence-corrected chi connectivity index (χ0v) is 11.0. The van der Waals surface area contributed by atoms with E-state index >= 15 is 0 Å². The lowest BCUT2D eigenvalue weighted by molar-refractivity contribution is 0.179. The minimum atomic E-state index is -0.467. The van der Waals surface area contributed by atoms with E-state index in [2.05, 4.69) is 15.9 Å². The van der Waals surface area contributed by atoms with Crippen molar-refractivity contribution in [2.24, 2.45) is 0 Å². The third kappa shape index (κ3) is 2.84. The van der Waals surface area contributed by atoms with Crippen LogP contribution in [0.25, 0.3) is 0 Å². The van der Waals surface area contributed by atoms with Gasteiger partial charge in [0.05, 0.1) is 9.89 Å². The Kier molecular flexibility index (Phi) is 3.63. The summed E-state index contributed by atoms with van der Waals surface area (Å²) in [5.74, 6) is 0. The van der Waals surface area contributed by atoms with Crippen LogP contribution in [0.3, 0.4) is 0 Å². The number of nitrogens with two attached hydrogens (primary N) is 1. The summed E-state index contributed by atoms with van der Waals surface area (Å²) in [5.41, 5.74) is 7.22. The second-order valence-corrected chi connectivity index (χ2v) is 6.14. The molecule has 0 aliphatic rings. The van der Waals surface area contributed by atoms with Gasteiger partial charge in [-0.2, -0.15) is 0 Å². The fourth-order valence-electron chi connectivity index (χ4n) is 1.49. The SMILES string of the molecule is Nc1ccc(C(O)Cc2ccc(Br)s2)cc1. The van der Waals surface area contributed by atoms with Gasteiger partial charge in [-0.05, 0) is 45.8 Å². The summed E-state index contributed by atoms with van der Waals surface area (Å²) >= 11 is 5.05. The normalized spacial score (nSPS) is 12.6. The van der Waals surface area contributed by atoms with E-state index in [9.17, 15) is 5.11 Å². The van der Waals surface area contributed by atoms with Gasteiger partial charge < -0.3 is 10.8 Å². The van der Waals surface area contributed by atoms with E-state index < -0.39 is 6.10 Å². The molecule has 84 valence electrons. The molecule has 3 N–H and O–H groups in total. The lowest BCUT2D eigenvalue weighted by Gasteiger charge is -2.09. The molecule has 1 aromatic heterocycles. The Morgan fingerprint density at radius 2 is 1.88 bits per heavy atom. The average molecular weight is 298 g/mol. The first kappa shape index (κ1) is 11.6. The van der Waals surface area contributed by atoms with Gasteiger partial charge in [0.2, 0.25) is 0 Å². The topological polar surface area (TPSA) is 46.2 Å². The molecule has 0 saturated heterocycles. The second-order valence-electron chi connectivity index (χ2n) is 3.59. The van der Waals surface area contributed by atoms with Crippen LogP contribution in [0.15, 0.2) is 40.2 Å². The molecule has 0 radical (unpaired) electrons. The van der Waals surface area contributed by atoms with Gasteiger partial charge in [0, 0.05) is 17.0 Å². The molecule has 0 aliphatic heterocycles. The molecule has 0 aliphatic carbocycles. The molecule has 1 unspecified atom stereocenters. The van der Waals surface area contributed by atoms with Crippen LogP contribution in [0.2, 0.25) is 0 Å². The highest BCUT2D eigenvalue weighted by Gasteiger charge is 2.09. The van der Waals surface area contributed by atoms with Gasteiger partial charge >= 0.3 is 0 Å². The molecule has 0 bridgehead atoms. The van der Waals surface area contributed by atoms with Crippen LogP contribution in [-0.2, 0) is 6.42 Å². The molecule has 0 fully saturated rings. The number of aliphatic hydroxyl groups excluding tert-OH is 1. The summed E-state index contributed by atoms with van der Waals surface area (Å²) in [4.78, 5) is 1.16. The van der Waals surface area contributed by atoms with Crippen molar-refractivity contribution in [2.45, 2.75) is 12.5 Å². The minimum Gasteiger partial charge on any atom is -0.399 e. The Hall–Kier alpha value is -0.840. The summed E-state index contributed by atoms with van der Waals surface area (Å²) in [6, 6.07) is 11.4. The van der Waals surface area contributed by atoms with E-state index in [1.165, 1.54) is 0 Å². The highest BCUT2D eigenvalue weighted by Crippen LogP contribution is 2.27. The number of hydrogen-bond acceptors (Lipinski definition) is 3. The summed E-state index contributed by atoms with van der Waals surface area (Å²) in [7, 11) is 0. The summed E-state index contributed by atoms with van der Waals surface area (Å²) in [6.07, 6.45) is 0.173. The van der Waals surface area contributed by atoms with Crippen molar-refractivity contribution in [1.82, 2.24) is 0 Å². The predicted octanol–water partition coefficient (Wildman–Crippen LogP) is 3.37.